The molecule has 0 spiro atoms. The van der Waals surface area contributed by atoms with E-state index in [-0.39, 0.29) is 5.35 Å². The molecule has 63 valence electrons. The third kappa shape index (κ3) is 1.72. The average Bonchev–Trinajstić information content (AvgIpc) is 2.35. The smallest absolute Gasteiger partial charge is 0.113 e. The van der Waals surface area contributed by atoms with Crippen molar-refractivity contribution in [3.05, 3.63) is 12.7 Å². The van der Waals surface area contributed by atoms with Gasteiger partial charge in [-0.2, -0.15) is 0 Å². The molecule has 1 atom stereocenters. The Morgan fingerprint density at radius 3 is 3.09 bits per heavy atom. The van der Waals surface area contributed by atoms with Gasteiger partial charge in [-0.3, -0.25) is 5.32 Å². The molecule has 11 heavy (non-hydrogen) atoms. The molecule has 2 nitrogen and oxygen atoms in total. The zero-order valence-electron chi connectivity index (χ0n) is 7.31. The van der Waals surface area contributed by atoms with Crippen LogP contribution in [0.2, 0.25) is 12.1 Å². The van der Waals surface area contributed by atoms with Crippen LogP contribution in [0.25, 0.3) is 0 Å². The maximum atomic E-state index is 5.45. The molecule has 0 aromatic rings. The van der Waals surface area contributed by atoms with E-state index in [1.807, 2.05) is 6.08 Å². The van der Waals surface area contributed by atoms with E-state index in [1.165, 1.54) is 6.04 Å². The highest BCUT2D eigenvalue weighted by molar-refractivity contribution is 6.63. The Morgan fingerprint density at radius 2 is 2.55 bits per heavy atom. The maximum absolute atomic E-state index is 5.45. The Morgan fingerprint density at radius 1 is 1.82 bits per heavy atom. The largest absolute Gasteiger partial charge is 0.368 e. The lowest BCUT2D eigenvalue weighted by Gasteiger charge is -2.28. The monoisotopic (exact) mass is 170 g/mol. The van der Waals surface area contributed by atoms with Crippen LogP contribution in [0, 0.1) is 0 Å². The molecule has 0 aromatic carbocycles. The van der Waals surface area contributed by atoms with E-state index < -0.39 is 8.80 Å². The topological polar surface area (TPSA) is 21.3 Å². The van der Waals surface area contributed by atoms with Crippen LogP contribution in [0.15, 0.2) is 12.7 Å². The van der Waals surface area contributed by atoms with Crippen LogP contribution in [0.5, 0.6) is 0 Å². The van der Waals surface area contributed by atoms with Gasteiger partial charge in [0.1, 0.15) is 14.1 Å². The van der Waals surface area contributed by atoms with Gasteiger partial charge in [-0.25, -0.2) is 0 Å². The third-order valence-corrected chi connectivity index (χ3v) is 5.73. The molecule has 1 saturated heterocycles. The van der Waals surface area contributed by atoms with Crippen molar-refractivity contribution in [2.24, 2.45) is 0 Å². The van der Waals surface area contributed by atoms with Crippen LogP contribution in [0.1, 0.15) is 6.92 Å². The minimum absolute atomic E-state index is 0.0150. The summed E-state index contributed by atoms with van der Waals surface area (Å²) in [6.07, 6.45) is 2.01. The first-order valence-electron chi connectivity index (χ1n) is 3.99. The summed E-state index contributed by atoms with van der Waals surface area (Å²) in [7, 11) is 1.38. The number of allylic oxidation sites excluding steroid dienone is 1. The quantitative estimate of drug-likeness (QED) is 0.507. The van der Waals surface area contributed by atoms with Gasteiger partial charge in [0.25, 0.3) is 0 Å². The van der Waals surface area contributed by atoms with Gasteiger partial charge in [0.2, 0.25) is 0 Å². The summed E-state index contributed by atoms with van der Waals surface area (Å²) >= 11 is 0. The van der Waals surface area contributed by atoms with Gasteiger partial charge in [0.05, 0.1) is 0 Å². The Balaban J connectivity index is 2.56. The summed E-state index contributed by atoms with van der Waals surface area (Å²) in [6.45, 7) is 7.02. The molecule has 1 N–H and O–H groups in total. The third-order valence-electron chi connectivity index (χ3n) is 2.36. The predicted molar refractivity (Wildman–Crippen MR) is 49.0 cm³/mol. The fourth-order valence-corrected chi connectivity index (χ4v) is 4.01. The highest BCUT2D eigenvalue weighted by Crippen LogP contribution is 2.22. The molecule has 0 amide bonds. The zero-order valence-corrected chi connectivity index (χ0v) is 8.31. The molecule has 0 aromatic heterocycles. The predicted octanol–water partition coefficient (Wildman–Crippen LogP) is 1.17. The van der Waals surface area contributed by atoms with Gasteiger partial charge in [0.15, 0.2) is 0 Å². The number of hydrogen-bond donors (Lipinski definition) is 1. The number of rotatable bonds is 3. The SMILES string of the molecule is C=CC[Si]1CCNC1(C)OC. The molecule has 1 aliphatic heterocycles. The summed E-state index contributed by atoms with van der Waals surface area (Å²) in [5.74, 6) is 0. The fraction of sp³-hybridized carbons (Fsp3) is 0.750. The number of hydrogen-bond acceptors (Lipinski definition) is 2. The Labute approximate surface area is 70.2 Å². The van der Waals surface area contributed by atoms with Crippen LogP contribution in [0.4, 0.5) is 0 Å². The molecule has 0 aliphatic carbocycles. The number of methoxy groups -OCH3 is 1. The molecule has 1 radical (unpaired) electrons. The molecule has 3 heteroatoms. The van der Waals surface area contributed by atoms with Gasteiger partial charge >= 0.3 is 0 Å². The standard InChI is InChI=1S/C8H16NOSi/c1-4-6-11-7-5-9-8(11,2)10-3/h4,9H,1,5-7H2,2-3H3. The first-order valence-corrected chi connectivity index (χ1v) is 5.90. The molecule has 1 heterocycles. The van der Waals surface area contributed by atoms with Crippen molar-refractivity contribution in [2.45, 2.75) is 24.4 Å². The minimum atomic E-state index is -0.402. The molecule has 1 fully saturated rings. The van der Waals surface area contributed by atoms with Gasteiger partial charge in [-0.15, -0.1) is 6.58 Å². The normalized spacial score (nSPS) is 32.5. The first-order chi connectivity index (χ1) is 5.23. The van der Waals surface area contributed by atoms with E-state index >= 15 is 0 Å². The summed E-state index contributed by atoms with van der Waals surface area (Å²) in [6, 6.07) is 2.43. The highest BCUT2D eigenvalue weighted by Gasteiger charge is 2.38. The van der Waals surface area contributed by atoms with Crippen molar-refractivity contribution in [1.29, 1.82) is 0 Å². The van der Waals surface area contributed by atoms with E-state index in [4.69, 9.17) is 4.74 Å². The maximum Gasteiger partial charge on any atom is 0.113 e. The molecule has 1 rings (SSSR count). The molecule has 1 aliphatic rings. The second kappa shape index (κ2) is 3.52. The molecule has 0 bridgehead atoms. The van der Waals surface area contributed by atoms with Crippen molar-refractivity contribution in [1.82, 2.24) is 5.32 Å². The first kappa shape index (κ1) is 8.97. The Hall–Kier alpha value is -0.123. The lowest BCUT2D eigenvalue weighted by atomic mass is 10.6. The summed E-state index contributed by atoms with van der Waals surface area (Å²) in [4.78, 5) is 0. The van der Waals surface area contributed by atoms with Gasteiger partial charge in [-0.05, 0) is 25.6 Å². The lowest BCUT2D eigenvalue weighted by Crippen LogP contribution is -2.48. The molecular weight excluding hydrogens is 154 g/mol. The van der Waals surface area contributed by atoms with E-state index in [0.717, 1.165) is 12.6 Å². The van der Waals surface area contributed by atoms with E-state index in [9.17, 15) is 0 Å². The van der Waals surface area contributed by atoms with Crippen LogP contribution in [-0.2, 0) is 4.74 Å². The van der Waals surface area contributed by atoms with E-state index in [2.05, 4.69) is 18.8 Å². The van der Waals surface area contributed by atoms with Gasteiger partial charge in [0, 0.05) is 7.11 Å². The van der Waals surface area contributed by atoms with Crippen LogP contribution in [-0.4, -0.2) is 27.8 Å². The molecular formula is C8H16NOSi. The second-order valence-electron chi connectivity index (χ2n) is 3.01. The van der Waals surface area contributed by atoms with Crippen molar-refractivity contribution in [3.63, 3.8) is 0 Å². The molecule has 0 saturated carbocycles. The zero-order chi connectivity index (χ0) is 8.32. The van der Waals surface area contributed by atoms with Crippen LogP contribution >= 0.6 is 0 Å². The van der Waals surface area contributed by atoms with Gasteiger partial charge in [-0.1, -0.05) is 6.08 Å². The van der Waals surface area contributed by atoms with Crippen molar-refractivity contribution in [2.75, 3.05) is 13.7 Å². The van der Waals surface area contributed by atoms with Crippen LogP contribution < -0.4 is 5.32 Å². The fourth-order valence-electron chi connectivity index (χ4n) is 1.50. The highest BCUT2D eigenvalue weighted by atomic mass is 28.3. The van der Waals surface area contributed by atoms with E-state index in [0.29, 0.717) is 0 Å². The lowest BCUT2D eigenvalue weighted by molar-refractivity contribution is 0.0532. The van der Waals surface area contributed by atoms with Crippen molar-refractivity contribution < 1.29 is 4.74 Å². The molecule has 1 unspecified atom stereocenters. The van der Waals surface area contributed by atoms with Crippen molar-refractivity contribution in [3.8, 4) is 0 Å². The van der Waals surface area contributed by atoms with Gasteiger partial charge < -0.3 is 4.74 Å². The summed E-state index contributed by atoms with van der Waals surface area (Å²) < 4.78 is 5.45. The van der Waals surface area contributed by atoms with Crippen molar-refractivity contribution >= 4 is 8.80 Å². The number of nitrogens with one attached hydrogen (secondary N) is 1. The Bertz CT molecular complexity index is 151. The van der Waals surface area contributed by atoms with E-state index in [1.54, 1.807) is 7.11 Å². The van der Waals surface area contributed by atoms with Crippen LogP contribution in [0.3, 0.4) is 0 Å². The average molecular weight is 170 g/mol. The number of ether oxygens (including phenoxy) is 1. The second-order valence-corrected chi connectivity index (χ2v) is 6.08. The summed E-state index contributed by atoms with van der Waals surface area (Å²) in [5.41, 5.74) is 0. The summed E-state index contributed by atoms with van der Waals surface area (Å²) in [5, 5.41) is 3.38. The minimum Gasteiger partial charge on any atom is -0.368 e. The Kier molecular flexibility index (Phi) is 2.87.